The number of nitrogens with zero attached hydrogens (tertiary/aromatic N) is 4. The minimum Gasteiger partial charge on any atom is -0.480 e. The first-order valence-electron chi connectivity index (χ1n) is 10.8. The SMILES string of the molecule is Cc1cc(N(C2CC2)C2CCN(C(=O)C3CCc4ccccc4O3)CC2)ncn1. The number of ether oxygens (including phenoxy) is 1. The number of carbonyl (C=O) groups excluding carboxylic acids is 1. The van der Waals surface area contributed by atoms with Gasteiger partial charge in [0, 0.05) is 36.9 Å². The predicted molar refractivity (Wildman–Crippen MR) is 111 cm³/mol. The zero-order chi connectivity index (χ0) is 19.8. The topological polar surface area (TPSA) is 58.6 Å². The highest BCUT2D eigenvalue weighted by Crippen LogP contribution is 2.35. The molecule has 152 valence electrons. The summed E-state index contributed by atoms with van der Waals surface area (Å²) in [6, 6.07) is 11.2. The first-order valence-corrected chi connectivity index (χ1v) is 10.8. The third-order valence-corrected chi connectivity index (χ3v) is 6.36. The number of carbonyl (C=O) groups is 1. The fraction of sp³-hybridized carbons (Fsp3) is 0.522. The van der Waals surface area contributed by atoms with E-state index < -0.39 is 0 Å². The average Bonchev–Trinajstić information content (AvgIpc) is 3.59. The molecule has 1 saturated heterocycles. The third kappa shape index (κ3) is 3.80. The molecule has 6 heteroatoms. The van der Waals surface area contributed by atoms with Crippen molar-refractivity contribution in [3.63, 3.8) is 0 Å². The normalized spacial score (nSPS) is 22.0. The van der Waals surface area contributed by atoms with E-state index in [9.17, 15) is 4.79 Å². The van der Waals surface area contributed by atoms with Crippen LogP contribution in [-0.4, -0.2) is 52.1 Å². The number of hydrogen-bond acceptors (Lipinski definition) is 5. The molecule has 29 heavy (non-hydrogen) atoms. The number of anilines is 1. The number of benzene rings is 1. The van der Waals surface area contributed by atoms with Crippen molar-refractivity contribution in [2.45, 2.75) is 63.6 Å². The summed E-state index contributed by atoms with van der Waals surface area (Å²) in [5.41, 5.74) is 2.21. The van der Waals surface area contributed by atoms with Gasteiger partial charge in [-0.15, -0.1) is 0 Å². The largest absolute Gasteiger partial charge is 0.480 e. The smallest absolute Gasteiger partial charge is 0.263 e. The van der Waals surface area contributed by atoms with Crippen LogP contribution in [0.25, 0.3) is 0 Å². The lowest BCUT2D eigenvalue weighted by Gasteiger charge is -2.40. The lowest BCUT2D eigenvalue weighted by atomic mass is 9.99. The molecule has 2 aromatic rings. The molecule has 5 rings (SSSR count). The zero-order valence-electron chi connectivity index (χ0n) is 17.0. The van der Waals surface area contributed by atoms with Crippen LogP contribution in [0.15, 0.2) is 36.7 Å². The van der Waals surface area contributed by atoms with Gasteiger partial charge in [0.1, 0.15) is 17.9 Å². The van der Waals surface area contributed by atoms with E-state index in [-0.39, 0.29) is 12.0 Å². The number of aryl methyl sites for hydroxylation is 2. The van der Waals surface area contributed by atoms with Crippen LogP contribution in [0, 0.1) is 6.92 Å². The first-order chi connectivity index (χ1) is 14.2. The Kier molecular flexibility index (Phi) is 4.86. The average molecular weight is 393 g/mol. The van der Waals surface area contributed by atoms with Crippen LogP contribution in [0.1, 0.15) is 43.4 Å². The molecule has 1 atom stereocenters. The van der Waals surface area contributed by atoms with E-state index in [1.165, 1.54) is 18.4 Å². The minimum atomic E-state index is -0.342. The highest BCUT2D eigenvalue weighted by molar-refractivity contribution is 5.81. The van der Waals surface area contributed by atoms with Gasteiger partial charge in [-0.1, -0.05) is 18.2 Å². The monoisotopic (exact) mass is 392 g/mol. The summed E-state index contributed by atoms with van der Waals surface area (Å²) in [6.07, 6.45) is 7.43. The molecule has 1 saturated carbocycles. The molecule has 6 nitrogen and oxygen atoms in total. The number of amides is 1. The molecule has 0 N–H and O–H groups in total. The Balaban J connectivity index is 1.23. The van der Waals surface area contributed by atoms with Crippen molar-refractivity contribution >= 4 is 11.7 Å². The van der Waals surface area contributed by atoms with E-state index in [1.54, 1.807) is 6.33 Å². The fourth-order valence-corrected chi connectivity index (χ4v) is 4.67. The van der Waals surface area contributed by atoms with E-state index in [4.69, 9.17) is 4.74 Å². The summed E-state index contributed by atoms with van der Waals surface area (Å²) < 4.78 is 6.03. The molecule has 3 heterocycles. The molecule has 0 spiro atoms. The summed E-state index contributed by atoms with van der Waals surface area (Å²) in [5.74, 6) is 2.05. The number of aromatic nitrogens is 2. The second-order valence-corrected chi connectivity index (χ2v) is 8.47. The molecule has 3 aliphatic rings. The third-order valence-electron chi connectivity index (χ3n) is 6.36. The quantitative estimate of drug-likeness (QED) is 0.800. The highest BCUT2D eigenvalue weighted by Gasteiger charge is 2.38. The van der Waals surface area contributed by atoms with Gasteiger partial charge in [0.25, 0.3) is 5.91 Å². The Bertz CT molecular complexity index is 890. The second-order valence-electron chi connectivity index (χ2n) is 8.47. The van der Waals surface area contributed by atoms with Crippen molar-refractivity contribution in [3.05, 3.63) is 47.9 Å². The molecule has 0 bridgehead atoms. The Labute approximate surface area is 171 Å². The van der Waals surface area contributed by atoms with E-state index in [0.29, 0.717) is 12.1 Å². The van der Waals surface area contributed by atoms with E-state index in [1.807, 2.05) is 30.0 Å². The van der Waals surface area contributed by atoms with Gasteiger partial charge in [-0.25, -0.2) is 9.97 Å². The summed E-state index contributed by atoms with van der Waals surface area (Å²) in [6.45, 7) is 3.59. The minimum absolute atomic E-state index is 0.147. The van der Waals surface area contributed by atoms with Crippen LogP contribution in [0.5, 0.6) is 5.75 Å². The van der Waals surface area contributed by atoms with Crippen LogP contribution in [0.3, 0.4) is 0 Å². The summed E-state index contributed by atoms with van der Waals surface area (Å²) in [5, 5.41) is 0. The Morgan fingerprint density at radius 2 is 1.83 bits per heavy atom. The van der Waals surface area contributed by atoms with Crippen molar-refractivity contribution in [2.24, 2.45) is 0 Å². The zero-order valence-corrected chi connectivity index (χ0v) is 17.0. The maximum absolute atomic E-state index is 13.1. The van der Waals surface area contributed by atoms with Gasteiger partial charge in [0.05, 0.1) is 0 Å². The maximum atomic E-state index is 13.1. The standard InChI is InChI=1S/C23H28N4O2/c1-16-14-22(25-15-24-16)27(18-7-8-18)19-10-12-26(13-11-19)23(28)21-9-6-17-4-2-3-5-20(17)29-21/h2-5,14-15,18-19,21H,6-13H2,1H3. The van der Waals surface area contributed by atoms with E-state index in [2.05, 4.69) is 27.0 Å². The van der Waals surface area contributed by atoms with E-state index in [0.717, 1.165) is 56.0 Å². The van der Waals surface area contributed by atoms with Crippen molar-refractivity contribution in [1.29, 1.82) is 0 Å². The molecule has 1 aliphatic carbocycles. The van der Waals surface area contributed by atoms with Crippen LogP contribution in [-0.2, 0) is 11.2 Å². The molecular formula is C23H28N4O2. The predicted octanol–water partition coefficient (Wildman–Crippen LogP) is 3.14. The molecule has 0 radical (unpaired) electrons. The van der Waals surface area contributed by atoms with Gasteiger partial charge < -0.3 is 14.5 Å². The van der Waals surface area contributed by atoms with Gasteiger partial charge in [-0.3, -0.25) is 4.79 Å². The van der Waals surface area contributed by atoms with Gasteiger partial charge in [-0.05, 0) is 57.1 Å². The second kappa shape index (κ2) is 7.65. The highest BCUT2D eigenvalue weighted by atomic mass is 16.5. The molecule has 2 aliphatic heterocycles. The van der Waals surface area contributed by atoms with Gasteiger partial charge >= 0.3 is 0 Å². The number of fused-ring (bicyclic) bond motifs is 1. The summed E-state index contributed by atoms with van der Waals surface area (Å²) in [4.78, 5) is 26.3. The number of rotatable bonds is 4. The number of hydrogen-bond donors (Lipinski definition) is 0. The van der Waals surface area contributed by atoms with Crippen molar-refractivity contribution < 1.29 is 9.53 Å². The van der Waals surface area contributed by atoms with Crippen molar-refractivity contribution in [3.8, 4) is 5.75 Å². The maximum Gasteiger partial charge on any atom is 0.263 e. The van der Waals surface area contributed by atoms with Gasteiger partial charge in [0.2, 0.25) is 0 Å². The lowest BCUT2D eigenvalue weighted by Crippen LogP contribution is -2.51. The molecular weight excluding hydrogens is 364 g/mol. The molecule has 1 aromatic carbocycles. The van der Waals surface area contributed by atoms with Gasteiger partial charge in [-0.2, -0.15) is 0 Å². The van der Waals surface area contributed by atoms with Crippen LogP contribution in [0.2, 0.25) is 0 Å². The first kappa shape index (κ1) is 18.4. The molecule has 1 unspecified atom stereocenters. The van der Waals surface area contributed by atoms with Crippen LogP contribution >= 0.6 is 0 Å². The Hall–Kier alpha value is -2.63. The molecule has 1 aromatic heterocycles. The fourth-order valence-electron chi connectivity index (χ4n) is 4.67. The number of piperidine rings is 1. The van der Waals surface area contributed by atoms with Crippen molar-refractivity contribution in [2.75, 3.05) is 18.0 Å². The number of para-hydroxylation sites is 1. The lowest BCUT2D eigenvalue weighted by molar-refractivity contribution is -0.140. The summed E-state index contributed by atoms with van der Waals surface area (Å²) in [7, 11) is 0. The Morgan fingerprint density at radius 3 is 2.59 bits per heavy atom. The summed E-state index contributed by atoms with van der Waals surface area (Å²) >= 11 is 0. The van der Waals surface area contributed by atoms with Crippen molar-refractivity contribution in [1.82, 2.24) is 14.9 Å². The van der Waals surface area contributed by atoms with Crippen LogP contribution in [0.4, 0.5) is 5.82 Å². The Morgan fingerprint density at radius 1 is 1.07 bits per heavy atom. The van der Waals surface area contributed by atoms with Crippen LogP contribution < -0.4 is 9.64 Å². The molecule has 1 amide bonds. The van der Waals surface area contributed by atoms with Gasteiger partial charge in [0.15, 0.2) is 6.10 Å². The number of likely N-dealkylation sites (tertiary alicyclic amines) is 1. The molecule has 2 fully saturated rings. The van der Waals surface area contributed by atoms with E-state index >= 15 is 0 Å².